The number of nitrogens with zero attached hydrogens (tertiary/aromatic N) is 1. The van der Waals surface area contributed by atoms with Gasteiger partial charge in [-0.2, -0.15) is 0 Å². The second-order valence-electron chi connectivity index (χ2n) is 11.5. The molecular weight excluding hydrogens is 598 g/mol. The van der Waals surface area contributed by atoms with E-state index in [1.54, 1.807) is 53.4 Å². The molecule has 1 fully saturated rings. The summed E-state index contributed by atoms with van der Waals surface area (Å²) in [4.78, 5) is 27.7. The van der Waals surface area contributed by atoms with Gasteiger partial charge in [-0.05, 0) is 75.1 Å². The third kappa shape index (κ3) is 7.46. The molecule has 0 spiro atoms. The summed E-state index contributed by atoms with van der Waals surface area (Å²) >= 11 is 12.5. The first-order valence-corrected chi connectivity index (χ1v) is 14.7. The number of piperidine rings is 1. The smallest absolute Gasteiger partial charge is 0.410 e. The van der Waals surface area contributed by atoms with Gasteiger partial charge in [0.05, 0.1) is 12.2 Å². The molecule has 5 rings (SSSR count). The highest BCUT2D eigenvalue weighted by Crippen LogP contribution is 2.38. The summed E-state index contributed by atoms with van der Waals surface area (Å²) in [5, 5.41) is 3.54. The maximum absolute atomic E-state index is 14.9. The molecule has 1 saturated heterocycles. The Labute approximate surface area is 260 Å². The molecule has 8 nitrogen and oxygen atoms in total. The van der Waals surface area contributed by atoms with Crippen LogP contribution in [-0.4, -0.2) is 49.0 Å². The molecule has 0 radical (unpaired) electrons. The first-order valence-electron chi connectivity index (χ1n) is 14.0. The van der Waals surface area contributed by atoms with Crippen LogP contribution in [0.1, 0.15) is 54.6 Å². The highest BCUT2D eigenvalue weighted by atomic mass is 35.5. The maximum atomic E-state index is 14.9. The number of nitrogens with one attached hydrogen (secondary N) is 1. The quantitative estimate of drug-likeness (QED) is 0.297. The lowest BCUT2D eigenvalue weighted by Crippen LogP contribution is -2.46. The van der Waals surface area contributed by atoms with Crippen LogP contribution in [0.15, 0.2) is 54.6 Å². The van der Waals surface area contributed by atoms with Gasteiger partial charge in [0, 0.05) is 47.2 Å². The van der Waals surface area contributed by atoms with E-state index >= 15 is 0 Å². The van der Waals surface area contributed by atoms with Crippen molar-refractivity contribution in [2.45, 2.75) is 45.3 Å². The molecule has 2 atom stereocenters. The van der Waals surface area contributed by atoms with Gasteiger partial charge < -0.3 is 29.2 Å². The Morgan fingerprint density at radius 2 is 1.79 bits per heavy atom. The molecule has 2 aliphatic rings. The van der Waals surface area contributed by atoms with E-state index in [2.05, 4.69) is 5.32 Å². The van der Waals surface area contributed by atoms with Crippen molar-refractivity contribution in [1.82, 2.24) is 10.2 Å². The molecule has 0 saturated carbocycles. The molecular formula is C32H33Cl2FN2O6. The van der Waals surface area contributed by atoms with E-state index in [0.717, 1.165) is 5.56 Å². The summed E-state index contributed by atoms with van der Waals surface area (Å²) in [7, 11) is 0. The Morgan fingerprint density at radius 1 is 1.05 bits per heavy atom. The molecule has 11 heteroatoms. The first kappa shape index (κ1) is 30.8. The lowest BCUT2D eigenvalue weighted by molar-refractivity contribution is 0.0111. The van der Waals surface area contributed by atoms with Gasteiger partial charge in [-0.1, -0.05) is 35.3 Å². The second kappa shape index (κ2) is 12.9. The fourth-order valence-corrected chi connectivity index (χ4v) is 5.75. The number of fused-ring (bicyclic) bond motifs is 1. The van der Waals surface area contributed by atoms with Crippen molar-refractivity contribution in [3.63, 3.8) is 0 Å². The molecule has 0 aliphatic carbocycles. The SMILES string of the molecule is CC(C)(C)OC(=O)N1CC[C@@H](c2ccc(F)c(C(=O)NCc3c(Cl)cccc3Cl)c2)[C@H](COc2ccc3c(c2)OCO3)C1. The van der Waals surface area contributed by atoms with Crippen LogP contribution in [0, 0.1) is 11.7 Å². The van der Waals surface area contributed by atoms with Crippen LogP contribution in [0.3, 0.4) is 0 Å². The number of likely N-dealkylation sites (tertiary alicyclic amines) is 1. The number of hydrogen-bond acceptors (Lipinski definition) is 6. The second-order valence-corrected chi connectivity index (χ2v) is 12.3. The zero-order valence-electron chi connectivity index (χ0n) is 24.1. The molecule has 3 aromatic carbocycles. The van der Waals surface area contributed by atoms with Crippen LogP contribution in [0.4, 0.5) is 9.18 Å². The maximum Gasteiger partial charge on any atom is 0.410 e. The van der Waals surface area contributed by atoms with Gasteiger partial charge in [-0.3, -0.25) is 4.79 Å². The van der Waals surface area contributed by atoms with Gasteiger partial charge in [0.25, 0.3) is 5.91 Å². The van der Waals surface area contributed by atoms with Crippen molar-refractivity contribution < 1.29 is 32.9 Å². The fraction of sp³-hybridized carbons (Fsp3) is 0.375. The Hall–Kier alpha value is -3.69. The minimum Gasteiger partial charge on any atom is -0.493 e. The number of benzene rings is 3. The summed E-state index contributed by atoms with van der Waals surface area (Å²) in [5.74, 6) is 0.288. The Balaban J connectivity index is 1.35. The monoisotopic (exact) mass is 630 g/mol. The topological polar surface area (TPSA) is 86.3 Å². The lowest BCUT2D eigenvalue weighted by Gasteiger charge is -2.39. The van der Waals surface area contributed by atoms with Gasteiger partial charge in [0.15, 0.2) is 11.5 Å². The molecule has 2 aliphatic heterocycles. The largest absolute Gasteiger partial charge is 0.493 e. The summed E-state index contributed by atoms with van der Waals surface area (Å²) in [6, 6.07) is 14.9. The minimum absolute atomic E-state index is 0.0429. The minimum atomic E-state index is -0.647. The zero-order chi connectivity index (χ0) is 30.7. The molecule has 0 bridgehead atoms. The molecule has 2 heterocycles. The van der Waals surface area contributed by atoms with Crippen LogP contribution in [0.25, 0.3) is 0 Å². The van der Waals surface area contributed by atoms with E-state index in [9.17, 15) is 14.0 Å². The molecule has 2 amide bonds. The van der Waals surface area contributed by atoms with Crippen LogP contribution >= 0.6 is 23.2 Å². The van der Waals surface area contributed by atoms with E-state index < -0.39 is 23.4 Å². The van der Waals surface area contributed by atoms with Crippen molar-refractivity contribution in [1.29, 1.82) is 0 Å². The summed E-state index contributed by atoms with van der Waals surface area (Å²) in [6.07, 6.45) is 0.160. The highest BCUT2D eigenvalue weighted by molar-refractivity contribution is 6.36. The summed E-state index contributed by atoms with van der Waals surface area (Å²) < 4.78 is 37.6. The van der Waals surface area contributed by atoms with Crippen molar-refractivity contribution in [3.05, 3.63) is 87.2 Å². The summed E-state index contributed by atoms with van der Waals surface area (Å²) in [5.41, 5.74) is 0.585. The number of ether oxygens (including phenoxy) is 4. The van der Waals surface area contributed by atoms with E-state index in [1.165, 1.54) is 6.07 Å². The van der Waals surface area contributed by atoms with Crippen LogP contribution < -0.4 is 19.5 Å². The van der Waals surface area contributed by atoms with Crippen LogP contribution in [0.2, 0.25) is 10.0 Å². The first-order chi connectivity index (χ1) is 20.5. The molecule has 0 aromatic heterocycles. The van der Waals surface area contributed by atoms with E-state index in [-0.39, 0.29) is 37.3 Å². The number of carbonyl (C=O) groups is 2. The zero-order valence-corrected chi connectivity index (χ0v) is 25.6. The van der Waals surface area contributed by atoms with Gasteiger partial charge in [0.2, 0.25) is 6.79 Å². The van der Waals surface area contributed by atoms with E-state index in [4.69, 9.17) is 42.1 Å². The number of halogens is 3. The lowest BCUT2D eigenvalue weighted by atomic mass is 9.80. The van der Waals surface area contributed by atoms with Gasteiger partial charge in [0.1, 0.15) is 17.2 Å². The predicted molar refractivity (Wildman–Crippen MR) is 161 cm³/mol. The number of carbonyl (C=O) groups excluding carboxylic acids is 2. The summed E-state index contributed by atoms with van der Waals surface area (Å²) in [6.45, 7) is 6.71. The molecule has 43 heavy (non-hydrogen) atoms. The van der Waals surface area contributed by atoms with Gasteiger partial charge in [-0.15, -0.1) is 0 Å². The number of rotatable bonds is 7. The highest BCUT2D eigenvalue weighted by Gasteiger charge is 2.35. The third-order valence-electron chi connectivity index (χ3n) is 7.34. The Morgan fingerprint density at radius 3 is 2.53 bits per heavy atom. The van der Waals surface area contributed by atoms with Gasteiger partial charge >= 0.3 is 6.09 Å². The molecule has 0 unspecified atom stereocenters. The number of amides is 2. The Kier molecular flexibility index (Phi) is 9.22. The standard InChI is InChI=1S/C32H33Cl2FN2O6/c1-32(2,3)43-31(39)37-12-11-22(20(16-37)17-40-21-8-10-28-29(14-21)42-18-41-28)19-7-9-27(35)23(13-19)30(38)36-15-24-25(33)5-4-6-26(24)34/h4-10,13-14,20,22H,11-12,15-18H2,1-3H3,(H,36,38)/t20-,22-/m0/s1. The van der Waals surface area contributed by atoms with E-state index in [0.29, 0.717) is 52.4 Å². The van der Waals surface area contributed by atoms with Crippen molar-refractivity contribution in [2.75, 3.05) is 26.5 Å². The average Bonchev–Trinajstić information content (AvgIpc) is 3.43. The predicted octanol–water partition coefficient (Wildman–Crippen LogP) is 7.21. The van der Waals surface area contributed by atoms with Gasteiger partial charge in [-0.25, -0.2) is 9.18 Å². The number of hydrogen-bond donors (Lipinski definition) is 1. The Bertz CT molecular complexity index is 1490. The van der Waals surface area contributed by atoms with Crippen molar-refractivity contribution in [2.24, 2.45) is 5.92 Å². The normalized spacial score (nSPS) is 17.9. The van der Waals surface area contributed by atoms with Crippen molar-refractivity contribution in [3.8, 4) is 17.2 Å². The third-order valence-corrected chi connectivity index (χ3v) is 8.05. The molecule has 1 N–H and O–H groups in total. The molecule has 228 valence electrons. The average molecular weight is 632 g/mol. The van der Waals surface area contributed by atoms with Crippen molar-refractivity contribution >= 4 is 35.2 Å². The van der Waals surface area contributed by atoms with Crippen LogP contribution in [-0.2, 0) is 11.3 Å². The van der Waals surface area contributed by atoms with E-state index in [1.807, 2.05) is 20.8 Å². The van der Waals surface area contributed by atoms with Crippen LogP contribution in [0.5, 0.6) is 17.2 Å². The fourth-order valence-electron chi connectivity index (χ4n) is 5.21. The molecule has 3 aromatic rings.